The summed E-state index contributed by atoms with van der Waals surface area (Å²) in [6, 6.07) is 3.14. The van der Waals surface area contributed by atoms with Gasteiger partial charge in [0.05, 0.1) is 6.20 Å². The van der Waals surface area contributed by atoms with Crippen molar-refractivity contribution in [1.29, 1.82) is 0 Å². The molecule has 7 nitrogen and oxygen atoms in total. The van der Waals surface area contributed by atoms with E-state index in [-0.39, 0.29) is 22.9 Å². The average Bonchev–Trinajstić information content (AvgIpc) is 3.12. The van der Waals surface area contributed by atoms with Crippen LogP contribution in [0.15, 0.2) is 30.6 Å². The molecule has 2 unspecified atom stereocenters. The Morgan fingerprint density at radius 3 is 2.82 bits per heavy atom. The standard InChI is InChI=1S/C19H19ClFN5O2/c20-19-24-8-15(21)18(25-19)26-9-13-12(14(13)10-26)5-6-22-16(27)3-1-11-2-4-17(28)23-7-11/h1-4,7-8,12-14H,5-6,9-10H2,(H,22,27)(H,23,28)/b3-1+. The van der Waals surface area contributed by atoms with Gasteiger partial charge in [-0.05, 0) is 53.5 Å². The third kappa shape index (κ3) is 4.06. The third-order valence-electron chi connectivity index (χ3n) is 5.34. The van der Waals surface area contributed by atoms with Crippen LogP contribution >= 0.6 is 11.6 Å². The van der Waals surface area contributed by atoms with E-state index in [1.54, 1.807) is 12.1 Å². The van der Waals surface area contributed by atoms with Crippen molar-refractivity contribution in [1.82, 2.24) is 20.3 Å². The molecule has 2 fully saturated rings. The van der Waals surface area contributed by atoms with Crippen molar-refractivity contribution < 1.29 is 14.3 Å². The summed E-state index contributed by atoms with van der Waals surface area (Å²) in [5.74, 6) is 1.15. The van der Waals surface area contributed by atoms with Gasteiger partial charge in [0.15, 0.2) is 11.6 Å². The topological polar surface area (TPSA) is 91.2 Å². The van der Waals surface area contributed by atoms with Crippen LogP contribution in [-0.2, 0) is 4.79 Å². The maximum absolute atomic E-state index is 13.9. The van der Waals surface area contributed by atoms with Gasteiger partial charge in [-0.2, -0.15) is 4.98 Å². The molecule has 1 saturated heterocycles. The van der Waals surface area contributed by atoms with E-state index in [9.17, 15) is 9.18 Å². The molecule has 2 atom stereocenters. The molecule has 4 rings (SSSR count). The van der Waals surface area contributed by atoms with Gasteiger partial charge in [-0.1, -0.05) is 0 Å². The zero-order chi connectivity index (χ0) is 19.7. The fraction of sp³-hybridized carbons (Fsp3) is 0.368. The summed E-state index contributed by atoms with van der Waals surface area (Å²) in [5, 5.41) is 12.1. The first-order valence-electron chi connectivity index (χ1n) is 9.05. The first kappa shape index (κ1) is 18.6. The number of carbonyl (C=O) groups excluding carboxylic acids is 1. The summed E-state index contributed by atoms with van der Waals surface area (Å²) in [5.41, 5.74) is 0.738. The second-order valence-corrected chi connectivity index (χ2v) is 7.41. The van der Waals surface area contributed by atoms with E-state index in [4.69, 9.17) is 16.7 Å². The second kappa shape index (κ2) is 7.71. The van der Waals surface area contributed by atoms with E-state index >= 15 is 0 Å². The molecule has 146 valence electrons. The van der Waals surface area contributed by atoms with E-state index in [0.717, 1.165) is 31.3 Å². The molecule has 1 saturated carbocycles. The quantitative estimate of drug-likeness (QED) is 0.568. The molecule has 2 N–H and O–H groups in total. The number of nitrogens with zero attached hydrogens (tertiary/aromatic N) is 4. The number of amides is 1. The number of hydrogen-bond acceptors (Lipinski definition) is 6. The minimum Gasteiger partial charge on any atom is -0.493 e. The van der Waals surface area contributed by atoms with Crippen molar-refractivity contribution in [2.45, 2.75) is 6.42 Å². The van der Waals surface area contributed by atoms with Gasteiger partial charge in [0, 0.05) is 38.0 Å². The highest BCUT2D eigenvalue weighted by Crippen LogP contribution is 2.54. The van der Waals surface area contributed by atoms with Crippen molar-refractivity contribution in [3.8, 4) is 5.88 Å². The molecule has 2 aliphatic rings. The molecular formula is C19H19ClFN5O2. The number of pyridine rings is 1. The van der Waals surface area contributed by atoms with Crippen LogP contribution in [0.4, 0.5) is 10.2 Å². The molecule has 3 heterocycles. The minimum absolute atomic E-state index is 0.0485. The van der Waals surface area contributed by atoms with E-state index in [1.807, 2.05) is 4.90 Å². The third-order valence-corrected chi connectivity index (χ3v) is 5.52. The lowest BCUT2D eigenvalue weighted by atomic mass is 10.2. The Morgan fingerprint density at radius 1 is 1.32 bits per heavy atom. The lowest BCUT2D eigenvalue weighted by Crippen LogP contribution is -2.28. The summed E-state index contributed by atoms with van der Waals surface area (Å²) < 4.78 is 13.9. The minimum atomic E-state index is -0.454. The SMILES string of the molecule is O=C(/C=C/c1ccc(O)nc1)NCCC1C2CN(c3nc(Cl)ncc3F)CC12. The number of piperidine rings is 1. The Labute approximate surface area is 166 Å². The maximum atomic E-state index is 13.9. The fourth-order valence-corrected chi connectivity index (χ4v) is 4.03. The number of nitrogens with one attached hydrogen (secondary N) is 1. The Kier molecular flexibility index (Phi) is 5.13. The van der Waals surface area contributed by atoms with E-state index in [0.29, 0.717) is 24.3 Å². The molecule has 1 aliphatic heterocycles. The highest BCUT2D eigenvalue weighted by Gasteiger charge is 2.55. The summed E-state index contributed by atoms with van der Waals surface area (Å²) in [4.78, 5) is 25.2. The Morgan fingerprint density at radius 2 is 2.11 bits per heavy atom. The first-order chi connectivity index (χ1) is 13.5. The summed E-state index contributed by atoms with van der Waals surface area (Å²) in [6.07, 6.45) is 6.59. The zero-order valence-electron chi connectivity index (χ0n) is 14.9. The van der Waals surface area contributed by atoms with Gasteiger partial charge in [-0.3, -0.25) is 4.79 Å². The van der Waals surface area contributed by atoms with Gasteiger partial charge in [-0.15, -0.1) is 0 Å². The van der Waals surface area contributed by atoms with E-state index < -0.39 is 5.82 Å². The lowest BCUT2D eigenvalue weighted by Gasteiger charge is -2.21. The Balaban J connectivity index is 1.19. The van der Waals surface area contributed by atoms with Crippen molar-refractivity contribution in [3.05, 3.63) is 47.3 Å². The second-order valence-electron chi connectivity index (χ2n) is 7.07. The Bertz CT molecular complexity index is 896. The van der Waals surface area contributed by atoms with Crippen molar-refractivity contribution in [2.24, 2.45) is 17.8 Å². The summed E-state index contributed by atoms with van der Waals surface area (Å²) in [7, 11) is 0. The number of fused-ring (bicyclic) bond motifs is 1. The van der Waals surface area contributed by atoms with Gasteiger partial charge >= 0.3 is 0 Å². The molecule has 2 aromatic rings. The predicted octanol–water partition coefficient (Wildman–Crippen LogP) is 2.27. The van der Waals surface area contributed by atoms with Gasteiger partial charge in [0.25, 0.3) is 0 Å². The van der Waals surface area contributed by atoms with Crippen LogP contribution in [0.25, 0.3) is 6.08 Å². The largest absolute Gasteiger partial charge is 0.493 e. The number of halogens is 2. The highest BCUT2D eigenvalue weighted by molar-refractivity contribution is 6.28. The number of anilines is 1. The molecule has 1 aliphatic carbocycles. The van der Waals surface area contributed by atoms with Gasteiger partial charge in [-0.25, -0.2) is 14.4 Å². The summed E-state index contributed by atoms with van der Waals surface area (Å²) >= 11 is 5.77. The molecule has 2 aromatic heterocycles. The molecule has 1 amide bonds. The lowest BCUT2D eigenvalue weighted by molar-refractivity contribution is -0.116. The highest BCUT2D eigenvalue weighted by atomic mass is 35.5. The van der Waals surface area contributed by atoms with Crippen LogP contribution in [0.2, 0.25) is 5.28 Å². The van der Waals surface area contributed by atoms with Crippen LogP contribution in [0.3, 0.4) is 0 Å². The van der Waals surface area contributed by atoms with Crippen LogP contribution in [0, 0.1) is 23.6 Å². The molecule has 0 radical (unpaired) electrons. The normalized spacial score (nSPS) is 23.1. The van der Waals surface area contributed by atoms with Crippen LogP contribution in [-0.4, -0.2) is 45.6 Å². The number of hydrogen-bond donors (Lipinski definition) is 2. The summed E-state index contributed by atoms with van der Waals surface area (Å²) in [6.45, 7) is 2.10. The smallest absolute Gasteiger partial charge is 0.244 e. The zero-order valence-corrected chi connectivity index (χ0v) is 15.7. The molecule has 9 heteroatoms. The number of aromatic hydroxyl groups is 1. The van der Waals surface area contributed by atoms with Crippen LogP contribution in [0.1, 0.15) is 12.0 Å². The van der Waals surface area contributed by atoms with Gasteiger partial charge in [0.1, 0.15) is 0 Å². The fourth-order valence-electron chi connectivity index (χ4n) is 3.90. The first-order valence-corrected chi connectivity index (χ1v) is 9.43. The van der Waals surface area contributed by atoms with Crippen LogP contribution in [0.5, 0.6) is 5.88 Å². The number of rotatable bonds is 6. The van der Waals surface area contributed by atoms with Crippen molar-refractivity contribution >= 4 is 29.4 Å². The number of aromatic nitrogens is 3. The molecule has 0 bridgehead atoms. The Hall–Kier alpha value is -2.74. The van der Waals surface area contributed by atoms with Gasteiger partial charge < -0.3 is 15.3 Å². The van der Waals surface area contributed by atoms with Crippen molar-refractivity contribution in [3.63, 3.8) is 0 Å². The van der Waals surface area contributed by atoms with E-state index in [1.165, 1.54) is 18.3 Å². The van der Waals surface area contributed by atoms with Crippen molar-refractivity contribution in [2.75, 3.05) is 24.5 Å². The predicted molar refractivity (Wildman–Crippen MR) is 102 cm³/mol. The maximum Gasteiger partial charge on any atom is 0.244 e. The van der Waals surface area contributed by atoms with E-state index in [2.05, 4.69) is 20.3 Å². The van der Waals surface area contributed by atoms with Crippen LogP contribution < -0.4 is 10.2 Å². The molecule has 0 spiro atoms. The molecule has 28 heavy (non-hydrogen) atoms. The molecular weight excluding hydrogens is 385 g/mol. The number of carbonyl (C=O) groups is 1. The van der Waals surface area contributed by atoms with Gasteiger partial charge in [0.2, 0.25) is 17.1 Å². The molecule has 0 aromatic carbocycles. The monoisotopic (exact) mass is 403 g/mol. The average molecular weight is 404 g/mol.